The molecule has 0 aromatic carbocycles. The van der Waals surface area contributed by atoms with Gasteiger partial charge >= 0.3 is 11.4 Å². The molecule has 0 aromatic rings. The summed E-state index contributed by atoms with van der Waals surface area (Å²) in [5.74, 6) is -0.0631. The maximum atomic E-state index is 12.5. The Morgan fingerprint density at radius 2 is 2.00 bits per heavy atom. The molecule has 0 bridgehead atoms. The van der Waals surface area contributed by atoms with E-state index in [-0.39, 0.29) is 17.6 Å². The van der Waals surface area contributed by atoms with E-state index in [0.717, 1.165) is 6.42 Å². The van der Waals surface area contributed by atoms with Gasteiger partial charge in [-0.05, 0) is 40.0 Å². The minimum Gasteiger partial charge on any atom is -0.390 e. The predicted octanol–water partition coefficient (Wildman–Crippen LogP) is 1.91. The van der Waals surface area contributed by atoms with Gasteiger partial charge in [0.1, 0.15) is 5.78 Å². The third-order valence-electron chi connectivity index (χ3n) is 5.89. The highest BCUT2D eigenvalue weighted by atomic mass is 32.2. The lowest BCUT2D eigenvalue weighted by Crippen LogP contribution is -2.67. The number of hydrogen-bond acceptors (Lipinski definition) is 5. The molecule has 1 N–H and O–H groups in total. The smallest absolute Gasteiger partial charge is 0.305 e. The molecule has 1 unspecified atom stereocenters. The Balaban J connectivity index is 2.08. The maximum Gasteiger partial charge on any atom is 0.305 e. The second kappa shape index (κ2) is 4.60. The average Bonchev–Trinajstić information content (AvgIpc) is 2.32. The van der Waals surface area contributed by atoms with Crippen LogP contribution in [0.25, 0.3) is 0 Å². The Labute approximate surface area is 128 Å². The Bertz CT molecular complexity index is 499. The lowest BCUT2D eigenvalue weighted by Gasteiger charge is -2.60. The van der Waals surface area contributed by atoms with E-state index in [1.165, 1.54) is 0 Å². The Hall–Kier alpha value is -0.300. The van der Waals surface area contributed by atoms with E-state index in [1.54, 1.807) is 13.8 Å². The van der Waals surface area contributed by atoms with Gasteiger partial charge in [0.05, 0.1) is 17.3 Å². The Morgan fingerprint density at radius 1 is 1.33 bits per heavy atom. The molecule has 3 rings (SSSR count). The zero-order valence-electron chi connectivity index (χ0n) is 13.0. The minimum absolute atomic E-state index is 0.145. The molecule has 5 nitrogen and oxygen atoms in total. The number of aliphatic hydroxyl groups is 1. The van der Waals surface area contributed by atoms with Crippen molar-refractivity contribution >= 4 is 17.1 Å². The van der Waals surface area contributed by atoms with Gasteiger partial charge in [-0.25, -0.2) is 0 Å². The number of rotatable bonds is 1. The van der Waals surface area contributed by atoms with Crippen molar-refractivity contribution in [2.24, 2.45) is 17.3 Å². The molecule has 3 aliphatic rings. The van der Waals surface area contributed by atoms with E-state index in [4.69, 9.17) is 8.37 Å². The van der Waals surface area contributed by atoms with Gasteiger partial charge in [0.2, 0.25) is 0 Å². The fourth-order valence-corrected chi connectivity index (χ4v) is 5.71. The van der Waals surface area contributed by atoms with E-state index in [2.05, 4.69) is 0 Å². The average molecular weight is 316 g/mol. The summed E-state index contributed by atoms with van der Waals surface area (Å²) in [6.07, 6.45) is 2.03. The van der Waals surface area contributed by atoms with Gasteiger partial charge in [0.25, 0.3) is 0 Å². The summed E-state index contributed by atoms with van der Waals surface area (Å²) < 4.78 is 23.2. The molecule has 3 fully saturated rings. The molecule has 0 spiro atoms. The minimum atomic E-state index is -1.82. The summed E-state index contributed by atoms with van der Waals surface area (Å²) in [4.78, 5) is 12.5. The molecule has 6 heteroatoms. The molecule has 2 saturated carbocycles. The summed E-state index contributed by atoms with van der Waals surface area (Å²) in [6, 6.07) is 0. The van der Waals surface area contributed by atoms with Crippen molar-refractivity contribution in [3.63, 3.8) is 0 Å². The topological polar surface area (TPSA) is 72.8 Å². The van der Waals surface area contributed by atoms with E-state index >= 15 is 0 Å². The highest BCUT2D eigenvalue weighted by molar-refractivity contribution is 7.75. The van der Waals surface area contributed by atoms with E-state index in [9.17, 15) is 14.1 Å². The van der Waals surface area contributed by atoms with E-state index in [0.29, 0.717) is 19.3 Å². The van der Waals surface area contributed by atoms with Crippen LogP contribution in [-0.4, -0.2) is 32.4 Å². The van der Waals surface area contributed by atoms with Gasteiger partial charge in [-0.2, -0.15) is 4.21 Å². The van der Waals surface area contributed by atoms with Gasteiger partial charge < -0.3 is 5.11 Å². The third-order valence-corrected chi connectivity index (χ3v) is 6.78. The molecular formula is C15H24O5S. The van der Waals surface area contributed by atoms with Crippen LogP contribution in [0.5, 0.6) is 0 Å². The lowest BCUT2D eigenvalue weighted by molar-refractivity contribution is -0.206. The van der Waals surface area contributed by atoms with Crippen molar-refractivity contribution in [2.75, 3.05) is 0 Å². The standard InChI is InChI=1S/C15H24O5S/c1-13(2,17)9-5-7-14(3)10(16)6-8-15(4)12(14)11(9)19-21(18)20-15/h9,11-12,17H,5-8H2,1-4H3/t9-,11-,12-,14+,15+,21?/m1/s1. The lowest BCUT2D eigenvalue weighted by atomic mass is 9.50. The van der Waals surface area contributed by atoms with Gasteiger partial charge in [-0.15, -0.1) is 0 Å². The largest absolute Gasteiger partial charge is 0.390 e. The molecule has 21 heavy (non-hydrogen) atoms. The quantitative estimate of drug-likeness (QED) is 0.800. The van der Waals surface area contributed by atoms with Crippen LogP contribution in [0.3, 0.4) is 0 Å². The molecule has 2 aliphatic carbocycles. The maximum absolute atomic E-state index is 12.5. The second-order valence-electron chi connectivity index (χ2n) is 7.78. The van der Waals surface area contributed by atoms with Gasteiger partial charge in [0, 0.05) is 23.7 Å². The molecule has 1 aliphatic heterocycles. The van der Waals surface area contributed by atoms with Crippen LogP contribution >= 0.6 is 0 Å². The van der Waals surface area contributed by atoms with Crippen molar-refractivity contribution in [3.05, 3.63) is 0 Å². The second-order valence-corrected chi connectivity index (χ2v) is 8.55. The molecular weight excluding hydrogens is 292 g/mol. The highest BCUT2D eigenvalue weighted by Gasteiger charge is 2.65. The highest BCUT2D eigenvalue weighted by Crippen LogP contribution is 2.59. The Morgan fingerprint density at radius 3 is 2.62 bits per heavy atom. The molecule has 0 radical (unpaired) electrons. The zero-order valence-corrected chi connectivity index (χ0v) is 13.9. The van der Waals surface area contributed by atoms with Crippen LogP contribution in [0.2, 0.25) is 0 Å². The number of carbonyl (C=O) groups excluding carboxylic acids is 1. The van der Waals surface area contributed by atoms with E-state index < -0.39 is 34.1 Å². The third kappa shape index (κ3) is 2.22. The summed E-state index contributed by atoms with van der Waals surface area (Å²) in [7, 11) is 0. The monoisotopic (exact) mass is 316 g/mol. The molecule has 0 aromatic heterocycles. The zero-order chi connectivity index (χ0) is 15.6. The molecule has 120 valence electrons. The van der Waals surface area contributed by atoms with E-state index in [1.807, 2.05) is 13.8 Å². The number of ketones is 1. The predicted molar refractivity (Wildman–Crippen MR) is 77.4 cm³/mol. The van der Waals surface area contributed by atoms with Crippen molar-refractivity contribution in [1.82, 2.24) is 0 Å². The first-order chi connectivity index (χ1) is 9.58. The molecule has 0 amide bonds. The first-order valence-electron chi connectivity index (χ1n) is 7.62. The number of Topliss-reactive ketones (excluding diaryl/α,β-unsaturated/α-hetero) is 1. The van der Waals surface area contributed by atoms with Crippen LogP contribution in [0.15, 0.2) is 0 Å². The van der Waals surface area contributed by atoms with Crippen molar-refractivity contribution in [2.45, 2.75) is 70.7 Å². The fraction of sp³-hybridized carbons (Fsp3) is 0.933. The summed E-state index contributed by atoms with van der Waals surface area (Å²) in [5.41, 5.74) is -2.07. The first kappa shape index (κ1) is 15.6. The van der Waals surface area contributed by atoms with Crippen LogP contribution in [-0.2, 0) is 24.5 Å². The normalized spacial score (nSPS) is 50.6. The SMILES string of the molecule is CC(C)(O)[C@@H]1CC[C@@]2(C)C(=O)CC[C@]3(C)OS(=O)O[C@H]1[C@H]23. The van der Waals surface area contributed by atoms with Crippen molar-refractivity contribution in [1.29, 1.82) is 0 Å². The van der Waals surface area contributed by atoms with Crippen LogP contribution in [0.1, 0.15) is 53.4 Å². The summed E-state index contributed by atoms with van der Waals surface area (Å²) in [6.45, 7) is 7.42. The molecule has 1 saturated heterocycles. The van der Waals surface area contributed by atoms with Crippen molar-refractivity contribution in [3.8, 4) is 0 Å². The van der Waals surface area contributed by atoms with Crippen molar-refractivity contribution < 1.29 is 22.5 Å². The van der Waals surface area contributed by atoms with Crippen LogP contribution < -0.4 is 0 Å². The van der Waals surface area contributed by atoms with Crippen LogP contribution in [0.4, 0.5) is 0 Å². The molecule has 6 atom stereocenters. The fourth-order valence-electron chi connectivity index (χ4n) is 4.74. The summed E-state index contributed by atoms with van der Waals surface area (Å²) >= 11 is -1.82. The van der Waals surface area contributed by atoms with Gasteiger partial charge in [0.15, 0.2) is 0 Å². The number of carbonyl (C=O) groups is 1. The molecule has 1 heterocycles. The summed E-state index contributed by atoms with van der Waals surface area (Å²) in [5, 5.41) is 10.5. The Kier molecular flexibility index (Phi) is 3.41. The van der Waals surface area contributed by atoms with Gasteiger partial charge in [-0.1, -0.05) is 6.92 Å². The van der Waals surface area contributed by atoms with Crippen LogP contribution in [0, 0.1) is 17.3 Å². The van der Waals surface area contributed by atoms with Gasteiger partial charge in [-0.3, -0.25) is 13.2 Å². The first-order valence-corrected chi connectivity index (χ1v) is 8.62. The number of hydrogen-bond donors (Lipinski definition) is 1.